The summed E-state index contributed by atoms with van der Waals surface area (Å²) in [5.41, 5.74) is -0.259. The van der Waals surface area contributed by atoms with Crippen molar-refractivity contribution in [3.63, 3.8) is 0 Å². The minimum atomic E-state index is -1.69. The van der Waals surface area contributed by atoms with Crippen molar-refractivity contribution >= 4 is 17.3 Å². The van der Waals surface area contributed by atoms with Gasteiger partial charge in [-0.25, -0.2) is 0 Å². The standard InChI is InChI=1S/C14H11ClF4N2/c1-7(8-5-3-4-6-9(8)15)21(2)12-10(16)13(18)20-14(19)11(12)17/h3-7H,1-2H3. The molecule has 21 heavy (non-hydrogen) atoms. The highest BCUT2D eigenvalue weighted by molar-refractivity contribution is 6.31. The highest BCUT2D eigenvalue weighted by Crippen LogP contribution is 2.33. The smallest absolute Gasteiger partial charge is 0.253 e. The molecule has 0 spiro atoms. The number of aromatic nitrogens is 1. The highest BCUT2D eigenvalue weighted by atomic mass is 35.5. The second-order valence-electron chi connectivity index (χ2n) is 4.48. The predicted octanol–water partition coefficient (Wildman–Crippen LogP) is 4.49. The van der Waals surface area contributed by atoms with Gasteiger partial charge in [-0.15, -0.1) is 0 Å². The molecule has 2 aromatic rings. The summed E-state index contributed by atoms with van der Waals surface area (Å²) in [6.07, 6.45) is 0. The third-order valence-electron chi connectivity index (χ3n) is 3.26. The molecule has 0 amide bonds. The van der Waals surface area contributed by atoms with Crippen molar-refractivity contribution in [2.45, 2.75) is 13.0 Å². The minimum absolute atomic E-state index is 0.382. The molecule has 0 aliphatic rings. The summed E-state index contributed by atoms with van der Waals surface area (Å²) >= 11 is 6.02. The van der Waals surface area contributed by atoms with E-state index in [2.05, 4.69) is 4.98 Å². The van der Waals surface area contributed by atoms with Gasteiger partial charge in [-0.05, 0) is 18.6 Å². The van der Waals surface area contributed by atoms with Gasteiger partial charge in [-0.3, -0.25) is 0 Å². The van der Waals surface area contributed by atoms with Crippen molar-refractivity contribution in [1.29, 1.82) is 0 Å². The monoisotopic (exact) mass is 318 g/mol. The number of anilines is 1. The molecular weight excluding hydrogens is 308 g/mol. The molecule has 1 aromatic heterocycles. The van der Waals surface area contributed by atoms with E-state index in [0.29, 0.717) is 10.6 Å². The van der Waals surface area contributed by atoms with Crippen LogP contribution >= 0.6 is 11.6 Å². The van der Waals surface area contributed by atoms with E-state index < -0.39 is 35.3 Å². The number of pyridine rings is 1. The lowest BCUT2D eigenvalue weighted by Gasteiger charge is -2.28. The maximum atomic E-state index is 13.8. The van der Waals surface area contributed by atoms with Gasteiger partial charge < -0.3 is 4.90 Å². The topological polar surface area (TPSA) is 16.1 Å². The van der Waals surface area contributed by atoms with Crippen LogP contribution in [0.5, 0.6) is 0 Å². The van der Waals surface area contributed by atoms with E-state index >= 15 is 0 Å². The lowest BCUT2D eigenvalue weighted by molar-refractivity contribution is 0.405. The molecule has 2 rings (SSSR count). The molecule has 1 heterocycles. The Morgan fingerprint density at radius 2 is 1.57 bits per heavy atom. The highest BCUT2D eigenvalue weighted by Gasteiger charge is 2.27. The summed E-state index contributed by atoms with van der Waals surface area (Å²) in [5, 5.41) is 0.382. The molecular formula is C14H11ClF4N2. The number of nitrogens with zero attached hydrogens (tertiary/aromatic N) is 2. The Bertz CT molecular complexity index is 652. The third-order valence-corrected chi connectivity index (χ3v) is 3.61. The van der Waals surface area contributed by atoms with Crippen molar-refractivity contribution in [1.82, 2.24) is 4.98 Å². The summed E-state index contributed by atoms with van der Waals surface area (Å²) in [6, 6.07) is 6.07. The third kappa shape index (κ3) is 2.81. The number of benzene rings is 1. The van der Waals surface area contributed by atoms with Crippen LogP contribution in [-0.4, -0.2) is 12.0 Å². The molecule has 0 N–H and O–H groups in total. The molecule has 0 aliphatic carbocycles. The van der Waals surface area contributed by atoms with Crippen LogP contribution in [0.4, 0.5) is 23.2 Å². The Balaban J connectivity index is 2.50. The average molecular weight is 319 g/mol. The molecule has 0 saturated heterocycles. The van der Waals surface area contributed by atoms with Gasteiger partial charge in [0.05, 0.1) is 6.04 Å². The van der Waals surface area contributed by atoms with Crippen molar-refractivity contribution in [2.75, 3.05) is 11.9 Å². The molecule has 1 aromatic carbocycles. The van der Waals surface area contributed by atoms with Crippen LogP contribution in [0, 0.1) is 23.5 Å². The predicted molar refractivity (Wildman–Crippen MR) is 72.3 cm³/mol. The van der Waals surface area contributed by atoms with Gasteiger partial charge in [0, 0.05) is 12.1 Å². The second-order valence-corrected chi connectivity index (χ2v) is 4.89. The van der Waals surface area contributed by atoms with E-state index in [1.807, 2.05) is 0 Å². The maximum absolute atomic E-state index is 13.8. The van der Waals surface area contributed by atoms with Gasteiger partial charge in [-0.1, -0.05) is 29.8 Å². The lowest BCUT2D eigenvalue weighted by Crippen LogP contribution is -2.25. The van der Waals surface area contributed by atoms with Gasteiger partial charge in [0.1, 0.15) is 5.69 Å². The number of hydrogen-bond acceptors (Lipinski definition) is 2. The largest absolute Gasteiger partial charge is 0.363 e. The zero-order valence-electron chi connectivity index (χ0n) is 11.2. The fraction of sp³-hybridized carbons (Fsp3) is 0.214. The SMILES string of the molecule is CC(c1ccccc1Cl)N(C)c1c(F)c(F)nc(F)c1F. The molecule has 1 atom stereocenters. The Labute approximate surface area is 124 Å². The first-order valence-corrected chi connectivity index (χ1v) is 6.39. The Morgan fingerprint density at radius 1 is 1.05 bits per heavy atom. The van der Waals surface area contributed by atoms with Crippen molar-refractivity contribution < 1.29 is 17.6 Å². The van der Waals surface area contributed by atoms with Crippen LogP contribution < -0.4 is 4.90 Å². The van der Waals surface area contributed by atoms with Crippen molar-refractivity contribution in [3.05, 3.63) is 58.4 Å². The van der Waals surface area contributed by atoms with Gasteiger partial charge in [0.25, 0.3) is 11.9 Å². The summed E-state index contributed by atoms with van der Waals surface area (Å²) < 4.78 is 53.9. The van der Waals surface area contributed by atoms with Crippen LogP contribution in [0.3, 0.4) is 0 Å². The number of halogens is 5. The first-order chi connectivity index (χ1) is 9.84. The van der Waals surface area contributed by atoms with Crippen molar-refractivity contribution in [2.24, 2.45) is 0 Å². The van der Waals surface area contributed by atoms with E-state index in [0.717, 1.165) is 4.90 Å². The zero-order valence-corrected chi connectivity index (χ0v) is 11.9. The molecule has 112 valence electrons. The van der Waals surface area contributed by atoms with E-state index in [4.69, 9.17) is 11.6 Å². The van der Waals surface area contributed by atoms with Gasteiger partial charge in [0.2, 0.25) is 11.6 Å². The van der Waals surface area contributed by atoms with E-state index in [-0.39, 0.29) is 0 Å². The van der Waals surface area contributed by atoms with E-state index in [9.17, 15) is 17.6 Å². The van der Waals surface area contributed by atoms with Crippen molar-refractivity contribution in [3.8, 4) is 0 Å². The second kappa shape index (κ2) is 5.89. The molecule has 0 aliphatic heterocycles. The van der Waals surface area contributed by atoms with Crippen LogP contribution in [0.15, 0.2) is 24.3 Å². The molecule has 0 fully saturated rings. The van der Waals surface area contributed by atoms with Crippen LogP contribution in [0.25, 0.3) is 0 Å². The molecule has 2 nitrogen and oxygen atoms in total. The molecule has 0 radical (unpaired) electrons. The summed E-state index contributed by atoms with van der Waals surface area (Å²) in [6.45, 7) is 1.61. The van der Waals surface area contributed by atoms with Gasteiger partial charge >= 0.3 is 0 Å². The summed E-state index contributed by atoms with van der Waals surface area (Å²) in [5.74, 6) is -6.48. The van der Waals surface area contributed by atoms with Crippen LogP contribution in [0.2, 0.25) is 5.02 Å². The first kappa shape index (κ1) is 15.6. The summed E-state index contributed by atoms with van der Waals surface area (Å²) in [7, 11) is 1.31. The zero-order chi connectivity index (χ0) is 15.7. The molecule has 0 saturated carbocycles. The normalized spacial score (nSPS) is 12.3. The first-order valence-electron chi connectivity index (χ1n) is 6.01. The fourth-order valence-electron chi connectivity index (χ4n) is 2.00. The Hall–Kier alpha value is -1.82. The van der Waals surface area contributed by atoms with Crippen LogP contribution in [-0.2, 0) is 0 Å². The molecule has 7 heteroatoms. The Morgan fingerprint density at radius 3 is 2.10 bits per heavy atom. The number of hydrogen-bond donors (Lipinski definition) is 0. The van der Waals surface area contributed by atoms with E-state index in [1.165, 1.54) is 7.05 Å². The molecule has 0 bridgehead atoms. The van der Waals surface area contributed by atoms with E-state index in [1.54, 1.807) is 31.2 Å². The Kier molecular flexibility index (Phi) is 4.37. The minimum Gasteiger partial charge on any atom is -0.363 e. The summed E-state index contributed by atoms with van der Waals surface area (Å²) in [4.78, 5) is 3.60. The van der Waals surface area contributed by atoms with Crippen LogP contribution in [0.1, 0.15) is 18.5 Å². The number of rotatable bonds is 3. The quantitative estimate of drug-likeness (QED) is 0.612. The maximum Gasteiger partial charge on any atom is 0.253 e. The fourth-order valence-corrected chi connectivity index (χ4v) is 2.30. The van der Waals surface area contributed by atoms with Gasteiger partial charge in [0.15, 0.2) is 0 Å². The average Bonchev–Trinajstić information content (AvgIpc) is 2.45. The molecule has 1 unspecified atom stereocenters. The van der Waals surface area contributed by atoms with Gasteiger partial charge in [-0.2, -0.15) is 22.5 Å². The lowest BCUT2D eigenvalue weighted by atomic mass is 10.1.